The molecule has 16 heavy (non-hydrogen) atoms. The van der Waals surface area contributed by atoms with Crippen LogP contribution in [0.4, 0.5) is 0 Å². The average molecular weight is 246 g/mol. The monoisotopic (exact) mass is 246 g/mol. The molecule has 0 aliphatic carbocycles. The van der Waals surface area contributed by atoms with Crippen LogP contribution < -0.4 is 0 Å². The molecule has 0 rings (SSSR count). The van der Waals surface area contributed by atoms with Gasteiger partial charge in [0.2, 0.25) is 0 Å². The van der Waals surface area contributed by atoms with Gasteiger partial charge in [0.05, 0.1) is 0 Å². The fourth-order valence-corrected chi connectivity index (χ4v) is 4.72. The summed E-state index contributed by atoms with van der Waals surface area (Å²) in [6.07, 6.45) is 4.69. The van der Waals surface area contributed by atoms with Gasteiger partial charge >= 0.3 is 8.56 Å². The maximum atomic E-state index is 6.14. The molecule has 0 amide bonds. The third-order valence-electron chi connectivity index (χ3n) is 3.06. The van der Waals surface area contributed by atoms with Crippen molar-refractivity contribution < 1.29 is 8.85 Å². The lowest BCUT2D eigenvalue weighted by atomic mass is 10.4. The van der Waals surface area contributed by atoms with Crippen LogP contribution in [-0.4, -0.2) is 21.8 Å². The largest absolute Gasteiger partial charge is 0.394 e. The molecule has 0 aromatic carbocycles. The SMILES string of the molecule is CCCCO[Si](CC)(OCCCC)C(C)C. The summed E-state index contributed by atoms with van der Waals surface area (Å²) in [4.78, 5) is 0. The van der Waals surface area contributed by atoms with Crippen LogP contribution in [0.3, 0.4) is 0 Å². The molecule has 0 heterocycles. The van der Waals surface area contributed by atoms with Crippen LogP contribution in [0.15, 0.2) is 0 Å². The van der Waals surface area contributed by atoms with Crippen molar-refractivity contribution >= 4 is 8.56 Å². The summed E-state index contributed by atoms with van der Waals surface area (Å²) in [5, 5.41) is 0. The second-order valence-electron chi connectivity index (χ2n) is 4.72. The van der Waals surface area contributed by atoms with E-state index < -0.39 is 8.56 Å². The number of hydrogen-bond acceptors (Lipinski definition) is 2. The third-order valence-corrected chi connectivity index (χ3v) is 7.19. The van der Waals surface area contributed by atoms with Gasteiger partial charge in [-0.2, -0.15) is 0 Å². The van der Waals surface area contributed by atoms with E-state index in [0.29, 0.717) is 5.54 Å². The van der Waals surface area contributed by atoms with E-state index in [9.17, 15) is 0 Å². The Morgan fingerprint density at radius 1 is 0.875 bits per heavy atom. The van der Waals surface area contributed by atoms with Gasteiger partial charge in [0.1, 0.15) is 0 Å². The minimum absolute atomic E-state index is 0.547. The summed E-state index contributed by atoms with van der Waals surface area (Å²) in [6.45, 7) is 12.9. The molecule has 0 aromatic heterocycles. The Morgan fingerprint density at radius 3 is 1.56 bits per heavy atom. The molecule has 0 fully saturated rings. The topological polar surface area (TPSA) is 18.5 Å². The van der Waals surface area contributed by atoms with Crippen LogP contribution in [0.25, 0.3) is 0 Å². The van der Waals surface area contributed by atoms with Gasteiger partial charge in [0, 0.05) is 13.2 Å². The van der Waals surface area contributed by atoms with E-state index in [2.05, 4.69) is 34.6 Å². The maximum absolute atomic E-state index is 6.14. The first-order valence-corrected chi connectivity index (χ1v) is 9.00. The van der Waals surface area contributed by atoms with E-state index in [1.54, 1.807) is 0 Å². The summed E-state index contributed by atoms with van der Waals surface area (Å²) in [5.41, 5.74) is 0.547. The van der Waals surface area contributed by atoms with Crippen LogP contribution in [0.1, 0.15) is 60.3 Å². The van der Waals surface area contributed by atoms with E-state index in [1.165, 1.54) is 12.8 Å². The van der Waals surface area contributed by atoms with Gasteiger partial charge in [-0.1, -0.05) is 47.5 Å². The Labute approximate surface area is 103 Å². The normalized spacial score (nSPS) is 12.4. The Balaban J connectivity index is 4.21. The molecule has 0 radical (unpaired) electrons. The molecule has 2 nitrogen and oxygen atoms in total. The fraction of sp³-hybridized carbons (Fsp3) is 1.00. The van der Waals surface area contributed by atoms with E-state index in [0.717, 1.165) is 32.1 Å². The highest BCUT2D eigenvalue weighted by Crippen LogP contribution is 2.28. The van der Waals surface area contributed by atoms with Gasteiger partial charge in [0.25, 0.3) is 0 Å². The fourth-order valence-electron chi connectivity index (χ4n) is 1.77. The molecule has 0 aliphatic heterocycles. The smallest absolute Gasteiger partial charge is 0.340 e. The van der Waals surface area contributed by atoms with Crippen LogP contribution in [0.2, 0.25) is 11.6 Å². The second kappa shape index (κ2) is 9.20. The molecule has 0 unspecified atom stereocenters. The van der Waals surface area contributed by atoms with Crippen molar-refractivity contribution in [1.29, 1.82) is 0 Å². The lowest BCUT2D eigenvalue weighted by molar-refractivity contribution is 0.157. The van der Waals surface area contributed by atoms with Gasteiger partial charge in [-0.25, -0.2) is 0 Å². The van der Waals surface area contributed by atoms with Gasteiger partial charge in [-0.3, -0.25) is 0 Å². The zero-order chi connectivity index (χ0) is 12.4. The van der Waals surface area contributed by atoms with Crippen molar-refractivity contribution in [3.8, 4) is 0 Å². The van der Waals surface area contributed by atoms with Gasteiger partial charge < -0.3 is 8.85 Å². The Hall–Kier alpha value is 0.137. The second-order valence-corrected chi connectivity index (χ2v) is 8.79. The maximum Gasteiger partial charge on any atom is 0.340 e. The van der Waals surface area contributed by atoms with Gasteiger partial charge in [-0.15, -0.1) is 0 Å². The Morgan fingerprint density at radius 2 is 1.31 bits per heavy atom. The molecular weight excluding hydrogens is 216 g/mol. The molecule has 0 spiro atoms. The molecule has 0 bridgehead atoms. The van der Waals surface area contributed by atoms with Crippen molar-refractivity contribution in [3.63, 3.8) is 0 Å². The highest BCUT2D eigenvalue weighted by molar-refractivity contribution is 6.68. The number of rotatable bonds is 10. The first kappa shape index (κ1) is 16.1. The van der Waals surface area contributed by atoms with E-state index in [1.807, 2.05) is 0 Å². The predicted molar refractivity (Wildman–Crippen MR) is 73.1 cm³/mol. The summed E-state index contributed by atoms with van der Waals surface area (Å²) in [5.74, 6) is 0. The highest BCUT2D eigenvalue weighted by atomic mass is 28.4. The molecule has 0 N–H and O–H groups in total. The number of hydrogen-bond donors (Lipinski definition) is 0. The van der Waals surface area contributed by atoms with E-state index in [-0.39, 0.29) is 0 Å². The van der Waals surface area contributed by atoms with E-state index in [4.69, 9.17) is 8.85 Å². The standard InChI is InChI=1S/C13H30O2Si/c1-6-9-11-14-16(8-3,13(4)5)15-12-10-7-2/h13H,6-12H2,1-5H3. The van der Waals surface area contributed by atoms with Gasteiger partial charge in [0.15, 0.2) is 0 Å². The molecule has 3 heteroatoms. The first-order chi connectivity index (χ1) is 7.63. The van der Waals surface area contributed by atoms with Crippen molar-refractivity contribution in [1.82, 2.24) is 0 Å². The van der Waals surface area contributed by atoms with Crippen LogP contribution in [0, 0.1) is 0 Å². The molecule has 0 atom stereocenters. The Kier molecular flexibility index (Phi) is 9.28. The zero-order valence-electron chi connectivity index (χ0n) is 11.8. The quantitative estimate of drug-likeness (QED) is 0.417. The van der Waals surface area contributed by atoms with Crippen LogP contribution in [-0.2, 0) is 8.85 Å². The van der Waals surface area contributed by atoms with Gasteiger partial charge in [-0.05, 0) is 24.4 Å². The first-order valence-electron chi connectivity index (χ1n) is 6.90. The van der Waals surface area contributed by atoms with Crippen molar-refractivity contribution in [2.45, 2.75) is 71.9 Å². The summed E-state index contributed by atoms with van der Waals surface area (Å²) in [7, 11) is -1.92. The third kappa shape index (κ3) is 5.46. The molecule has 0 saturated heterocycles. The minimum Gasteiger partial charge on any atom is -0.394 e. The minimum atomic E-state index is -1.92. The van der Waals surface area contributed by atoms with Crippen molar-refractivity contribution in [3.05, 3.63) is 0 Å². The predicted octanol–water partition coefficient (Wildman–Crippen LogP) is 4.49. The summed E-state index contributed by atoms with van der Waals surface area (Å²) in [6, 6.07) is 1.07. The zero-order valence-corrected chi connectivity index (χ0v) is 12.8. The molecule has 0 aliphatic rings. The molecule has 0 saturated carbocycles. The summed E-state index contributed by atoms with van der Waals surface area (Å²) >= 11 is 0. The van der Waals surface area contributed by atoms with Crippen LogP contribution in [0.5, 0.6) is 0 Å². The number of unbranched alkanes of at least 4 members (excludes halogenated alkanes) is 2. The van der Waals surface area contributed by atoms with Crippen molar-refractivity contribution in [2.24, 2.45) is 0 Å². The Bertz CT molecular complexity index is 150. The highest BCUT2D eigenvalue weighted by Gasteiger charge is 2.39. The van der Waals surface area contributed by atoms with Crippen molar-refractivity contribution in [2.75, 3.05) is 13.2 Å². The van der Waals surface area contributed by atoms with Crippen LogP contribution >= 0.6 is 0 Å². The summed E-state index contributed by atoms with van der Waals surface area (Å²) < 4.78 is 12.3. The lowest BCUT2D eigenvalue weighted by Crippen LogP contribution is -2.45. The average Bonchev–Trinajstić information content (AvgIpc) is 2.27. The van der Waals surface area contributed by atoms with E-state index >= 15 is 0 Å². The lowest BCUT2D eigenvalue weighted by Gasteiger charge is -2.33. The molecule has 98 valence electrons. The molecule has 0 aromatic rings. The molecular formula is C13H30O2Si.